The molecule has 1 aromatic rings. The molecule has 1 aliphatic rings. The monoisotopic (exact) mass is 245 g/mol. The fraction of sp³-hybridized carbons (Fsp3) is 0.533. The largest absolute Gasteiger partial charge is 0.370 e. The first kappa shape index (κ1) is 13.1. The maximum absolute atomic E-state index is 4.61. The van der Waals surface area contributed by atoms with Crippen LogP contribution in [0, 0.1) is 0 Å². The average molecular weight is 245 g/mol. The van der Waals surface area contributed by atoms with Crippen LogP contribution in [-0.2, 0) is 6.54 Å². The average Bonchev–Trinajstić information content (AvgIpc) is 2.46. The van der Waals surface area contributed by atoms with Crippen molar-refractivity contribution in [2.75, 3.05) is 26.2 Å². The lowest BCUT2D eigenvalue weighted by Gasteiger charge is -2.22. The van der Waals surface area contributed by atoms with Crippen LogP contribution in [0.1, 0.15) is 31.4 Å². The Kier molecular flexibility index (Phi) is 4.76. The van der Waals surface area contributed by atoms with Crippen LogP contribution in [0.4, 0.5) is 0 Å². The Morgan fingerprint density at radius 1 is 1.22 bits per heavy atom. The standard InChI is InChI=1S/C15H23N3/c1-3-18(4-2)12-13-8-5-6-9-14(13)15-16-10-7-11-17-15/h5-6,8-9H,3-4,7,10-12H2,1-2H3,(H,16,17). The highest BCUT2D eigenvalue weighted by Crippen LogP contribution is 2.13. The van der Waals surface area contributed by atoms with Crippen molar-refractivity contribution in [2.24, 2.45) is 4.99 Å². The number of nitrogens with one attached hydrogen (secondary N) is 1. The predicted octanol–water partition coefficient (Wildman–Crippen LogP) is 2.27. The Morgan fingerprint density at radius 3 is 2.67 bits per heavy atom. The van der Waals surface area contributed by atoms with Crippen LogP contribution in [0.3, 0.4) is 0 Å². The van der Waals surface area contributed by atoms with Crippen LogP contribution in [-0.4, -0.2) is 36.9 Å². The second-order valence-corrected chi connectivity index (χ2v) is 4.63. The summed E-state index contributed by atoms with van der Waals surface area (Å²) in [7, 11) is 0. The van der Waals surface area contributed by atoms with Crippen molar-refractivity contribution in [1.29, 1.82) is 0 Å². The molecule has 1 aromatic carbocycles. The molecule has 0 saturated carbocycles. The third-order valence-electron chi connectivity index (χ3n) is 3.46. The van der Waals surface area contributed by atoms with Crippen molar-refractivity contribution >= 4 is 5.84 Å². The van der Waals surface area contributed by atoms with Crippen molar-refractivity contribution in [3.63, 3.8) is 0 Å². The second-order valence-electron chi connectivity index (χ2n) is 4.63. The molecular weight excluding hydrogens is 222 g/mol. The molecule has 2 rings (SSSR count). The normalized spacial score (nSPS) is 15.4. The highest BCUT2D eigenvalue weighted by molar-refractivity contribution is 6.00. The summed E-state index contributed by atoms with van der Waals surface area (Å²) in [5.41, 5.74) is 2.64. The number of aliphatic imine (C=N–C) groups is 1. The van der Waals surface area contributed by atoms with E-state index < -0.39 is 0 Å². The highest BCUT2D eigenvalue weighted by atomic mass is 15.1. The summed E-state index contributed by atoms with van der Waals surface area (Å²) in [5, 5.41) is 3.42. The van der Waals surface area contributed by atoms with Crippen molar-refractivity contribution in [1.82, 2.24) is 10.2 Å². The van der Waals surface area contributed by atoms with Crippen LogP contribution in [0.5, 0.6) is 0 Å². The molecule has 1 heterocycles. The molecule has 18 heavy (non-hydrogen) atoms. The highest BCUT2D eigenvalue weighted by Gasteiger charge is 2.12. The molecule has 0 bridgehead atoms. The van der Waals surface area contributed by atoms with E-state index in [-0.39, 0.29) is 0 Å². The van der Waals surface area contributed by atoms with E-state index in [0.717, 1.165) is 45.0 Å². The molecule has 3 heteroatoms. The molecule has 0 spiro atoms. The van der Waals surface area contributed by atoms with E-state index in [1.165, 1.54) is 11.1 Å². The van der Waals surface area contributed by atoms with Crippen molar-refractivity contribution < 1.29 is 0 Å². The third kappa shape index (κ3) is 3.10. The van der Waals surface area contributed by atoms with Gasteiger partial charge in [-0.2, -0.15) is 0 Å². The smallest absolute Gasteiger partial charge is 0.128 e. The molecular formula is C15H23N3. The minimum atomic E-state index is 0.946. The Morgan fingerprint density at radius 2 is 2.00 bits per heavy atom. The fourth-order valence-electron chi connectivity index (χ4n) is 2.29. The van der Waals surface area contributed by atoms with Gasteiger partial charge in [0.1, 0.15) is 5.84 Å². The zero-order chi connectivity index (χ0) is 12.8. The zero-order valence-electron chi connectivity index (χ0n) is 11.4. The van der Waals surface area contributed by atoms with E-state index in [2.05, 4.69) is 53.3 Å². The first-order chi connectivity index (χ1) is 8.85. The number of hydrogen-bond donors (Lipinski definition) is 1. The van der Waals surface area contributed by atoms with Gasteiger partial charge in [-0.25, -0.2) is 0 Å². The summed E-state index contributed by atoms with van der Waals surface area (Å²) in [4.78, 5) is 7.04. The lowest BCUT2D eigenvalue weighted by molar-refractivity contribution is 0.295. The van der Waals surface area contributed by atoms with Crippen LogP contribution in [0.25, 0.3) is 0 Å². The van der Waals surface area contributed by atoms with E-state index in [4.69, 9.17) is 0 Å². The fourth-order valence-corrected chi connectivity index (χ4v) is 2.29. The molecule has 0 radical (unpaired) electrons. The summed E-state index contributed by atoms with van der Waals surface area (Å²) in [6.07, 6.45) is 1.14. The Bertz CT molecular complexity index is 408. The summed E-state index contributed by atoms with van der Waals surface area (Å²) >= 11 is 0. The molecule has 0 saturated heterocycles. The topological polar surface area (TPSA) is 27.6 Å². The maximum atomic E-state index is 4.61. The Hall–Kier alpha value is -1.35. The van der Waals surface area contributed by atoms with E-state index in [1.807, 2.05) is 0 Å². The van der Waals surface area contributed by atoms with E-state index in [1.54, 1.807) is 0 Å². The second kappa shape index (κ2) is 6.55. The quantitative estimate of drug-likeness (QED) is 0.861. The van der Waals surface area contributed by atoms with Gasteiger partial charge in [-0.3, -0.25) is 9.89 Å². The maximum Gasteiger partial charge on any atom is 0.128 e. The molecule has 0 atom stereocenters. The van der Waals surface area contributed by atoms with Gasteiger partial charge in [-0.15, -0.1) is 0 Å². The summed E-state index contributed by atoms with van der Waals surface area (Å²) < 4.78 is 0. The Labute approximate surface area is 110 Å². The molecule has 0 aliphatic carbocycles. The van der Waals surface area contributed by atoms with Gasteiger partial charge in [0.15, 0.2) is 0 Å². The molecule has 1 aliphatic heterocycles. The third-order valence-corrected chi connectivity index (χ3v) is 3.46. The summed E-state index contributed by atoms with van der Waals surface area (Å²) in [6, 6.07) is 8.61. The molecule has 1 N–H and O–H groups in total. The van der Waals surface area contributed by atoms with Gasteiger partial charge < -0.3 is 5.32 Å². The molecule has 0 fully saturated rings. The number of nitrogens with zero attached hydrogens (tertiary/aromatic N) is 2. The Balaban J connectivity index is 2.22. The van der Waals surface area contributed by atoms with Crippen molar-refractivity contribution in [3.05, 3.63) is 35.4 Å². The van der Waals surface area contributed by atoms with Gasteiger partial charge in [0, 0.05) is 25.2 Å². The molecule has 3 nitrogen and oxygen atoms in total. The van der Waals surface area contributed by atoms with Gasteiger partial charge in [0.25, 0.3) is 0 Å². The van der Waals surface area contributed by atoms with Crippen molar-refractivity contribution in [2.45, 2.75) is 26.8 Å². The van der Waals surface area contributed by atoms with Crippen LogP contribution in [0.2, 0.25) is 0 Å². The number of rotatable bonds is 5. The van der Waals surface area contributed by atoms with Crippen LogP contribution in [0.15, 0.2) is 29.3 Å². The van der Waals surface area contributed by atoms with Crippen molar-refractivity contribution in [3.8, 4) is 0 Å². The first-order valence-corrected chi connectivity index (χ1v) is 6.94. The summed E-state index contributed by atoms with van der Waals surface area (Å²) in [6.45, 7) is 9.59. The van der Waals surface area contributed by atoms with Gasteiger partial charge in [-0.05, 0) is 25.1 Å². The van der Waals surface area contributed by atoms with Crippen LogP contribution < -0.4 is 5.32 Å². The van der Waals surface area contributed by atoms with Gasteiger partial charge in [0.2, 0.25) is 0 Å². The van der Waals surface area contributed by atoms with E-state index >= 15 is 0 Å². The summed E-state index contributed by atoms with van der Waals surface area (Å²) in [5.74, 6) is 1.07. The molecule has 0 aromatic heterocycles. The van der Waals surface area contributed by atoms with Crippen LogP contribution >= 0.6 is 0 Å². The minimum absolute atomic E-state index is 0.946. The SMILES string of the molecule is CCN(CC)Cc1ccccc1C1=NCCCN1. The number of hydrogen-bond acceptors (Lipinski definition) is 3. The number of amidine groups is 1. The van der Waals surface area contributed by atoms with Gasteiger partial charge in [0.05, 0.1) is 0 Å². The van der Waals surface area contributed by atoms with E-state index in [0.29, 0.717) is 0 Å². The van der Waals surface area contributed by atoms with E-state index in [9.17, 15) is 0 Å². The molecule has 98 valence electrons. The lowest BCUT2D eigenvalue weighted by Crippen LogP contribution is -2.32. The lowest BCUT2D eigenvalue weighted by atomic mass is 10.0. The van der Waals surface area contributed by atoms with Gasteiger partial charge >= 0.3 is 0 Å². The zero-order valence-corrected chi connectivity index (χ0v) is 11.4. The predicted molar refractivity (Wildman–Crippen MR) is 77.1 cm³/mol. The molecule has 0 amide bonds. The first-order valence-electron chi connectivity index (χ1n) is 6.94. The van der Waals surface area contributed by atoms with Gasteiger partial charge in [-0.1, -0.05) is 38.1 Å². The minimum Gasteiger partial charge on any atom is -0.370 e. The molecule has 0 unspecified atom stereocenters. The number of benzene rings is 1.